The van der Waals surface area contributed by atoms with Gasteiger partial charge in [-0.25, -0.2) is 13.8 Å². The molecule has 0 aliphatic carbocycles. The van der Waals surface area contributed by atoms with Gasteiger partial charge in [-0.15, -0.1) is 0 Å². The van der Waals surface area contributed by atoms with E-state index in [2.05, 4.69) is 36.7 Å². The van der Waals surface area contributed by atoms with Gasteiger partial charge in [0.2, 0.25) is 5.95 Å². The molecule has 1 aliphatic heterocycles. The summed E-state index contributed by atoms with van der Waals surface area (Å²) in [7, 11) is 0. The Labute approximate surface area is 162 Å². The van der Waals surface area contributed by atoms with Gasteiger partial charge in [-0.1, -0.05) is 0 Å². The predicted molar refractivity (Wildman–Crippen MR) is 102 cm³/mol. The zero-order chi connectivity index (χ0) is 19.9. The lowest BCUT2D eigenvalue weighted by molar-refractivity contribution is 0.122. The molecule has 0 radical (unpaired) electrons. The second kappa shape index (κ2) is 9.41. The third kappa shape index (κ3) is 5.60. The quantitative estimate of drug-likeness (QED) is 0.680. The van der Waals surface area contributed by atoms with E-state index in [1.165, 1.54) is 17.1 Å². The van der Waals surface area contributed by atoms with Gasteiger partial charge in [0.25, 0.3) is 6.43 Å². The highest BCUT2D eigenvalue weighted by atomic mass is 19.3. The number of aromatic nitrogens is 4. The molecule has 0 amide bonds. The third-order valence-electron chi connectivity index (χ3n) is 4.65. The van der Waals surface area contributed by atoms with Crippen molar-refractivity contribution >= 4 is 17.5 Å². The smallest absolute Gasteiger partial charge is 0.257 e. The second-order valence-corrected chi connectivity index (χ2v) is 6.94. The summed E-state index contributed by atoms with van der Waals surface area (Å²) >= 11 is 0. The van der Waals surface area contributed by atoms with Gasteiger partial charge in [0.05, 0.1) is 18.0 Å². The van der Waals surface area contributed by atoms with Crippen LogP contribution in [-0.2, 0) is 6.54 Å². The number of aryl methyl sites for hydroxylation is 1. The molecule has 2 aromatic heterocycles. The molecular weight excluding hydrogens is 366 g/mol. The van der Waals surface area contributed by atoms with Gasteiger partial charge >= 0.3 is 0 Å². The Hall–Kier alpha value is -2.80. The van der Waals surface area contributed by atoms with Crippen molar-refractivity contribution in [3.63, 3.8) is 0 Å². The Morgan fingerprint density at radius 1 is 1.39 bits per heavy atom. The van der Waals surface area contributed by atoms with E-state index in [9.17, 15) is 8.78 Å². The maximum atomic E-state index is 12.4. The van der Waals surface area contributed by atoms with Crippen molar-refractivity contribution in [3.05, 3.63) is 24.2 Å². The van der Waals surface area contributed by atoms with Crippen molar-refractivity contribution in [2.45, 2.75) is 32.7 Å². The molecule has 0 aromatic carbocycles. The molecule has 150 valence electrons. The monoisotopic (exact) mass is 390 g/mol. The minimum absolute atomic E-state index is 0.381. The van der Waals surface area contributed by atoms with E-state index in [4.69, 9.17) is 5.26 Å². The molecule has 1 atom stereocenters. The first-order valence-corrected chi connectivity index (χ1v) is 9.28. The number of nitriles is 1. The van der Waals surface area contributed by atoms with Gasteiger partial charge in [-0.2, -0.15) is 15.3 Å². The Morgan fingerprint density at radius 2 is 2.25 bits per heavy atom. The summed E-state index contributed by atoms with van der Waals surface area (Å²) in [5, 5.41) is 19.0. The Bertz CT molecular complexity index is 816. The van der Waals surface area contributed by atoms with E-state index in [1.807, 2.05) is 6.92 Å². The molecule has 1 saturated heterocycles. The summed E-state index contributed by atoms with van der Waals surface area (Å²) in [6, 6.07) is 2.19. The fraction of sp³-hybridized carbons (Fsp3) is 0.556. The van der Waals surface area contributed by atoms with Crippen molar-refractivity contribution < 1.29 is 8.78 Å². The largest absolute Gasteiger partial charge is 0.369 e. The summed E-state index contributed by atoms with van der Waals surface area (Å²) < 4.78 is 26.0. The molecule has 3 rings (SSSR count). The average Bonchev–Trinajstić information content (AvgIpc) is 3.29. The fourth-order valence-electron chi connectivity index (χ4n) is 3.21. The highest BCUT2D eigenvalue weighted by molar-refractivity contribution is 5.54. The molecule has 0 saturated carbocycles. The molecule has 2 aromatic rings. The SMILES string of the molecule is Cc1cnc(Nc2cnn(CC(F)F)c2)nc1NC[C@H]1CCN(CCC#N)C1. The number of likely N-dealkylation sites (tertiary alicyclic amines) is 1. The van der Waals surface area contributed by atoms with Gasteiger partial charge < -0.3 is 15.5 Å². The normalized spacial score (nSPS) is 17.0. The molecule has 1 fully saturated rings. The number of hydrogen-bond acceptors (Lipinski definition) is 7. The minimum atomic E-state index is -2.45. The van der Waals surface area contributed by atoms with Crippen LogP contribution in [0.25, 0.3) is 0 Å². The molecular formula is C18H24F2N8. The molecule has 10 heteroatoms. The van der Waals surface area contributed by atoms with Gasteiger partial charge in [0, 0.05) is 44.0 Å². The molecule has 8 nitrogen and oxygen atoms in total. The van der Waals surface area contributed by atoms with E-state index in [0.29, 0.717) is 24.0 Å². The van der Waals surface area contributed by atoms with Crippen molar-refractivity contribution in [2.24, 2.45) is 5.92 Å². The zero-order valence-corrected chi connectivity index (χ0v) is 15.8. The minimum Gasteiger partial charge on any atom is -0.369 e. The zero-order valence-electron chi connectivity index (χ0n) is 15.8. The van der Waals surface area contributed by atoms with Gasteiger partial charge in [0.15, 0.2) is 0 Å². The maximum Gasteiger partial charge on any atom is 0.257 e. The predicted octanol–water partition coefficient (Wildman–Crippen LogP) is 2.64. The number of hydrogen-bond donors (Lipinski definition) is 2. The first-order valence-electron chi connectivity index (χ1n) is 9.28. The number of rotatable bonds is 9. The third-order valence-corrected chi connectivity index (χ3v) is 4.65. The van der Waals surface area contributed by atoms with E-state index < -0.39 is 13.0 Å². The van der Waals surface area contributed by atoms with Crippen molar-refractivity contribution in [3.8, 4) is 6.07 Å². The highest BCUT2D eigenvalue weighted by Gasteiger charge is 2.22. The molecule has 0 spiro atoms. The number of anilines is 3. The standard InChI is InChI=1S/C18H24F2N8/c1-13-7-23-18(25-15-9-24-28(11-15)12-16(19)20)26-17(13)22-8-14-3-6-27(10-14)5-2-4-21/h7,9,11,14,16H,2-3,5-6,8,10,12H2,1H3,(H2,22,23,25,26)/t14-/m1/s1. The molecule has 3 heterocycles. The van der Waals surface area contributed by atoms with Crippen molar-refractivity contribution in [2.75, 3.05) is 36.8 Å². The fourth-order valence-corrected chi connectivity index (χ4v) is 3.21. The van der Waals surface area contributed by atoms with Crippen LogP contribution in [0.1, 0.15) is 18.4 Å². The topological polar surface area (TPSA) is 94.7 Å². The molecule has 2 N–H and O–H groups in total. The average molecular weight is 390 g/mol. The van der Waals surface area contributed by atoms with Crippen LogP contribution in [0, 0.1) is 24.2 Å². The lowest BCUT2D eigenvalue weighted by atomic mass is 10.1. The summed E-state index contributed by atoms with van der Waals surface area (Å²) in [5.41, 5.74) is 1.48. The summed E-state index contributed by atoms with van der Waals surface area (Å²) in [6.45, 7) is 5.11. The van der Waals surface area contributed by atoms with Gasteiger partial charge in [-0.3, -0.25) is 4.68 Å². The Balaban J connectivity index is 1.55. The molecule has 1 aliphatic rings. The van der Waals surface area contributed by atoms with Crippen LogP contribution in [0.5, 0.6) is 0 Å². The van der Waals surface area contributed by atoms with Crippen LogP contribution >= 0.6 is 0 Å². The lowest BCUT2D eigenvalue weighted by Crippen LogP contribution is -2.24. The van der Waals surface area contributed by atoms with Crippen LogP contribution in [-0.4, -0.2) is 57.3 Å². The molecule has 0 unspecified atom stereocenters. The lowest BCUT2D eigenvalue weighted by Gasteiger charge is -2.16. The summed E-state index contributed by atoms with van der Waals surface area (Å²) in [5.74, 6) is 1.64. The summed E-state index contributed by atoms with van der Waals surface area (Å²) in [6.07, 6.45) is 3.88. The van der Waals surface area contributed by atoms with E-state index in [0.717, 1.165) is 44.0 Å². The van der Waals surface area contributed by atoms with Gasteiger partial charge in [0.1, 0.15) is 12.4 Å². The van der Waals surface area contributed by atoms with Crippen molar-refractivity contribution in [1.29, 1.82) is 5.26 Å². The van der Waals surface area contributed by atoms with Gasteiger partial charge in [-0.05, 0) is 25.8 Å². The number of halogens is 2. The molecule has 0 bridgehead atoms. The Morgan fingerprint density at radius 3 is 3.04 bits per heavy atom. The highest BCUT2D eigenvalue weighted by Crippen LogP contribution is 2.20. The van der Waals surface area contributed by atoms with Crippen LogP contribution in [0.4, 0.5) is 26.2 Å². The first kappa shape index (κ1) is 19.9. The van der Waals surface area contributed by atoms with E-state index in [-0.39, 0.29) is 0 Å². The second-order valence-electron chi connectivity index (χ2n) is 6.94. The van der Waals surface area contributed by atoms with Crippen LogP contribution < -0.4 is 10.6 Å². The van der Waals surface area contributed by atoms with E-state index in [1.54, 1.807) is 6.20 Å². The van der Waals surface area contributed by atoms with E-state index >= 15 is 0 Å². The maximum absolute atomic E-state index is 12.4. The van der Waals surface area contributed by atoms with Crippen LogP contribution in [0.15, 0.2) is 18.6 Å². The number of nitrogens with zero attached hydrogens (tertiary/aromatic N) is 6. The number of nitrogens with one attached hydrogen (secondary N) is 2. The van der Waals surface area contributed by atoms with Crippen LogP contribution in [0.3, 0.4) is 0 Å². The number of alkyl halides is 2. The Kier molecular flexibility index (Phi) is 6.71. The molecule has 28 heavy (non-hydrogen) atoms. The summed E-state index contributed by atoms with van der Waals surface area (Å²) in [4.78, 5) is 11.0. The van der Waals surface area contributed by atoms with Crippen molar-refractivity contribution in [1.82, 2.24) is 24.6 Å². The van der Waals surface area contributed by atoms with Crippen LogP contribution in [0.2, 0.25) is 0 Å². The first-order chi connectivity index (χ1) is 13.5.